The molecule has 0 aliphatic carbocycles. The Morgan fingerprint density at radius 2 is 2.06 bits per heavy atom. The first-order valence-electron chi connectivity index (χ1n) is 6.80. The van der Waals surface area contributed by atoms with Crippen LogP contribution in [0, 0.1) is 0 Å². The molecule has 0 bridgehead atoms. The van der Waals surface area contributed by atoms with Crippen LogP contribution in [0.4, 0.5) is 0 Å². The minimum Gasteiger partial charge on any atom is -0.376 e. The van der Waals surface area contributed by atoms with E-state index in [1.807, 2.05) is 7.05 Å². The molecule has 3 nitrogen and oxygen atoms in total. The Labute approximate surface area is 109 Å². The first-order chi connectivity index (χ1) is 8.88. The summed E-state index contributed by atoms with van der Waals surface area (Å²) in [7, 11) is 1.98. The molecule has 1 N–H and O–H groups in total. The molecule has 1 unspecified atom stereocenters. The summed E-state index contributed by atoms with van der Waals surface area (Å²) in [5, 5.41) is 3.16. The topological polar surface area (TPSA) is 30.5 Å². The van der Waals surface area contributed by atoms with Gasteiger partial charge in [0.25, 0.3) is 0 Å². The fraction of sp³-hybridized carbons (Fsp3) is 0.600. The van der Waals surface area contributed by atoms with Crippen molar-refractivity contribution in [3.8, 4) is 0 Å². The maximum atomic E-state index is 5.69. The Morgan fingerprint density at radius 1 is 1.28 bits per heavy atom. The van der Waals surface area contributed by atoms with Crippen LogP contribution >= 0.6 is 0 Å². The van der Waals surface area contributed by atoms with E-state index in [0.717, 1.165) is 32.6 Å². The summed E-state index contributed by atoms with van der Waals surface area (Å²) in [5.41, 5.74) is 2.61. The van der Waals surface area contributed by atoms with Crippen molar-refractivity contribution in [2.75, 3.05) is 26.8 Å². The molecule has 0 saturated carbocycles. The molecule has 0 radical (unpaired) electrons. The van der Waals surface area contributed by atoms with Gasteiger partial charge in [0, 0.05) is 6.61 Å². The van der Waals surface area contributed by atoms with Gasteiger partial charge >= 0.3 is 0 Å². The molecule has 1 aromatic carbocycles. The van der Waals surface area contributed by atoms with E-state index in [0.29, 0.717) is 12.7 Å². The highest BCUT2D eigenvalue weighted by molar-refractivity contribution is 5.22. The third-order valence-electron chi connectivity index (χ3n) is 3.28. The van der Waals surface area contributed by atoms with Crippen molar-refractivity contribution < 1.29 is 9.47 Å². The molecule has 1 heterocycles. The largest absolute Gasteiger partial charge is 0.376 e. The molecule has 1 aliphatic rings. The molecular weight excluding hydrogens is 226 g/mol. The van der Waals surface area contributed by atoms with Crippen LogP contribution < -0.4 is 5.32 Å². The second-order valence-electron chi connectivity index (χ2n) is 4.82. The van der Waals surface area contributed by atoms with E-state index in [2.05, 4.69) is 29.6 Å². The predicted molar refractivity (Wildman–Crippen MR) is 72.7 cm³/mol. The van der Waals surface area contributed by atoms with Crippen LogP contribution in [-0.4, -0.2) is 32.9 Å². The molecule has 100 valence electrons. The first kappa shape index (κ1) is 13.5. The standard InChI is InChI=1S/C15H23NO2/c1-16-9-8-13-4-6-14(7-5-13)11-17-12-15-3-2-10-18-15/h4-7,15-16H,2-3,8-12H2,1H3. The first-order valence-corrected chi connectivity index (χ1v) is 6.80. The lowest BCUT2D eigenvalue weighted by Crippen LogP contribution is -2.13. The molecule has 0 amide bonds. The number of hydrogen-bond acceptors (Lipinski definition) is 3. The average molecular weight is 249 g/mol. The van der Waals surface area contributed by atoms with Crippen molar-refractivity contribution in [3.63, 3.8) is 0 Å². The second-order valence-corrected chi connectivity index (χ2v) is 4.82. The van der Waals surface area contributed by atoms with Crippen molar-refractivity contribution in [1.29, 1.82) is 0 Å². The number of hydrogen-bond donors (Lipinski definition) is 1. The Bertz CT molecular complexity index is 331. The lowest BCUT2D eigenvalue weighted by Gasteiger charge is -2.10. The fourth-order valence-electron chi connectivity index (χ4n) is 2.16. The molecule has 18 heavy (non-hydrogen) atoms. The SMILES string of the molecule is CNCCc1ccc(COCC2CCCO2)cc1. The zero-order chi connectivity index (χ0) is 12.6. The van der Waals surface area contributed by atoms with E-state index in [1.165, 1.54) is 17.5 Å². The van der Waals surface area contributed by atoms with Gasteiger partial charge in [-0.3, -0.25) is 0 Å². The Balaban J connectivity index is 1.68. The number of benzene rings is 1. The molecule has 1 aliphatic heterocycles. The van der Waals surface area contributed by atoms with Crippen molar-refractivity contribution in [2.24, 2.45) is 0 Å². The highest BCUT2D eigenvalue weighted by Gasteiger charge is 2.15. The molecule has 0 spiro atoms. The van der Waals surface area contributed by atoms with Gasteiger partial charge in [0.1, 0.15) is 0 Å². The Morgan fingerprint density at radius 3 is 2.72 bits per heavy atom. The van der Waals surface area contributed by atoms with Gasteiger partial charge in [-0.15, -0.1) is 0 Å². The highest BCUT2D eigenvalue weighted by Crippen LogP contribution is 2.13. The number of likely N-dealkylation sites (N-methyl/N-ethyl adjacent to an activating group) is 1. The van der Waals surface area contributed by atoms with E-state index >= 15 is 0 Å². The van der Waals surface area contributed by atoms with Crippen molar-refractivity contribution >= 4 is 0 Å². The van der Waals surface area contributed by atoms with Crippen molar-refractivity contribution in [3.05, 3.63) is 35.4 Å². The molecule has 1 saturated heterocycles. The van der Waals surface area contributed by atoms with Crippen LogP contribution in [0.1, 0.15) is 24.0 Å². The van der Waals surface area contributed by atoms with E-state index in [1.54, 1.807) is 0 Å². The van der Waals surface area contributed by atoms with Crippen LogP contribution in [0.5, 0.6) is 0 Å². The normalized spacial score (nSPS) is 19.3. The number of ether oxygens (including phenoxy) is 2. The van der Waals surface area contributed by atoms with E-state index < -0.39 is 0 Å². The van der Waals surface area contributed by atoms with Gasteiger partial charge in [0.05, 0.1) is 19.3 Å². The van der Waals surface area contributed by atoms with E-state index in [4.69, 9.17) is 9.47 Å². The van der Waals surface area contributed by atoms with Gasteiger partial charge < -0.3 is 14.8 Å². The zero-order valence-electron chi connectivity index (χ0n) is 11.2. The van der Waals surface area contributed by atoms with Crippen molar-refractivity contribution in [1.82, 2.24) is 5.32 Å². The van der Waals surface area contributed by atoms with Crippen LogP contribution in [-0.2, 0) is 22.5 Å². The van der Waals surface area contributed by atoms with Crippen molar-refractivity contribution in [2.45, 2.75) is 32.0 Å². The lowest BCUT2D eigenvalue weighted by atomic mass is 10.1. The summed E-state index contributed by atoms with van der Waals surface area (Å²) in [6.07, 6.45) is 3.71. The van der Waals surface area contributed by atoms with E-state index in [9.17, 15) is 0 Å². The lowest BCUT2D eigenvalue weighted by molar-refractivity contribution is 0.0106. The van der Waals surface area contributed by atoms with Crippen LogP contribution in [0.25, 0.3) is 0 Å². The van der Waals surface area contributed by atoms with Crippen LogP contribution in [0.15, 0.2) is 24.3 Å². The minimum atomic E-state index is 0.319. The minimum absolute atomic E-state index is 0.319. The second kappa shape index (κ2) is 7.52. The maximum Gasteiger partial charge on any atom is 0.0809 e. The van der Waals surface area contributed by atoms with Gasteiger partial charge in [-0.25, -0.2) is 0 Å². The smallest absolute Gasteiger partial charge is 0.0809 e. The third-order valence-corrected chi connectivity index (χ3v) is 3.28. The zero-order valence-corrected chi connectivity index (χ0v) is 11.2. The predicted octanol–water partition coefficient (Wildman–Crippen LogP) is 2.14. The summed E-state index contributed by atoms with van der Waals surface area (Å²) in [5.74, 6) is 0. The summed E-state index contributed by atoms with van der Waals surface area (Å²) < 4.78 is 11.2. The Hall–Kier alpha value is -0.900. The monoisotopic (exact) mass is 249 g/mol. The van der Waals surface area contributed by atoms with Gasteiger partial charge in [0.15, 0.2) is 0 Å². The molecule has 0 aromatic heterocycles. The molecular formula is C15H23NO2. The fourth-order valence-corrected chi connectivity index (χ4v) is 2.16. The van der Waals surface area contributed by atoms with Gasteiger partial charge in [0.2, 0.25) is 0 Å². The molecule has 1 aromatic rings. The molecule has 1 atom stereocenters. The summed E-state index contributed by atoms with van der Waals surface area (Å²) in [6, 6.07) is 8.67. The maximum absolute atomic E-state index is 5.69. The quantitative estimate of drug-likeness (QED) is 0.803. The number of nitrogens with one attached hydrogen (secondary N) is 1. The van der Waals surface area contributed by atoms with Gasteiger partial charge in [-0.05, 0) is 44.0 Å². The Kier molecular flexibility index (Phi) is 5.65. The van der Waals surface area contributed by atoms with Crippen LogP contribution in [0.3, 0.4) is 0 Å². The summed E-state index contributed by atoms with van der Waals surface area (Å²) in [4.78, 5) is 0. The highest BCUT2D eigenvalue weighted by atomic mass is 16.5. The molecule has 1 fully saturated rings. The van der Waals surface area contributed by atoms with Crippen LogP contribution in [0.2, 0.25) is 0 Å². The summed E-state index contributed by atoms with van der Waals surface area (Å²) >= 11 is 0. The third kappa shape index (κ3) is 4.41. The summed E-state index contributed by atoms with van der Waals surface area (Å²) in [6.45, 7) is 3.33. The molecule has 3 heteroatoms. The van der Waals surface area contributed by atoms with Gasteiger partial charge in [-0.2, -0.15) is 0 Å². The van der Waals surface area contributed by atoms with E-state index in [-0.39, 0.29) is 0 Å². The number of rotatable bonds is 7. The van der Waals surface area contributed by atoms with Gasteiger partial charge in [-0.1, -0.05) is 24.3 Å². The molecule has 2 rings (SSSR count). The average Bonchev–Trinajstić information content (AvgIpc) is 2.91.